The summed E-state index contributed by atoms with van der Waals surface area (Å²) in [5, 5.41) is 2.88. The van der Waals surface area contributed by atoms with Gasteiger partial charge in [0.05, 0.1) is 12.6 Å². The van der Waals surface area contributed by atoms with E-state index in [9.17, 15) is 23.6 Å². The summed E-state index contributed by atoms with van der Waals surface area (Å²) >= 11 is 0. The fourth-order valence-electron chi connectivity index (χ4n) is 5.14. The van der Waals surface area contributed by atoms with Gasteiger partial charge < -0.3 is 20.0 Å². The molecule has 2 aromatic carbocycles. The monoisotopic (exact) mass is 508 g/mol. The van der Waals surface area contributed by atoms with Gasteiger partial charge in [-0.1, -0.05) is 13.8 Å². The number of carbonyl (C=O) groups excluding carboxylic acids is 4. The normalized spacial score (nSPS) is 19.7. The molecule has 4 rings (SSSR count). The number of rotatable bonds is 7. The molecular formula is C28H33FN4O4. The van der Waals surface area contributed by atoms with Gasteiger partial charge in [-0.3, -0.25) is 19.2 Å². The predicted molar refractivity (Wildman–Crippen MR) is 138 cm³/mol. The van der Waals surface area contributed by atoms with Gasteiger partial charge in [0.15, 0.2) is 5.78 Å². The average Bonchev–Trinajstić information content (AvgIpc) is 3.44. The second-order valence-electron chi connectivity index (χ2n) is 10.3. The molecule has 0 radical (unpaired) electrons. The Morgan fingerprint density at radius 2 is 1.62 bits per heavy atom. The minimum atomic E-state index is -0.797. The summed E-state index contributed by atoms with van der Waals surface area (Å²) in [5.41, 5.74) is 1.69. The molecule has 2 aliphatic heterocycles. The van der Waals surface area contributed by atoms with E-state index in [1.165, 1.54) is 34.1 Å². The maximum atomic E-state index is 13.7. The number of Topliss-reactive ketones (excluding diaryl/α,β-unsaturated/α-hetero) is 1. The highest BCUT2D eigenvalue weighted by molar-refractivity contribution is 6.03. The SMILES string of the molecule is CC(C)CC(NC(=O)c1ccc(N(C)C)cc1)C(=O)N1CCC2C1C(=O)CN2C(=O)c1ccc(F)cc1. The first-order valence-corrected chi connectivity index (χ1v) is 12.5. The Morgan fingerprint density at radius 1 is 1.00 bits per heavy atom. The van der Waals surface area contributed by atoms with Crippen LogP contribution in [0.1, 0.15) is 47.4 Å². The Hall–Kier alpha value is -3.75. The summed E-state index contributed by atoms with van der Waals surface area (Å²) in [6.07, 6.45) is 0.879. The van der Waals surface area contributed by atoms with Crippen molar-refractivity contribution >= 4 is 29.2 Å². The number of nitrogens with one attached hydrogen (secondary N) is 1. The fourth-order valence-corrected chi connectivity index (χ4v) is 5.14. The standard InChI is InChI=1S/C28H33FN4O4/c1-17(2)15-22(30-26(35)18-7-11-21(12-8-18)31(3)4)28(37)32-14-13-23-25(32)24(34)16-33(23)27(36)19-5-9-20(29)10-6-19/h5-12,17,22-23,25H,13-16H2,1-4H3,(H,30,35). The number of halogens is 1. The molecule has 3 atom stereocenters. The van der Waals surface area contributed by atoms with Gasteiger partial charge in [-0.15, -0.1) is 0 Å². The van der Waals surface area contributed by atoms with Crippen molar-refractivity contribution in [3.8, 4) is 0 Å². The van der Waals surface area contributed by atoms with Crippen molar-refractivity contribution < 1.29 is 23.6 Å². The Kier molecular flexibility index (Phi) is 7.61. The first-order valence-electron chi connectivity index (χ1n) is 12.5. The largest absolute Gasteiger partial charge is 0.378 e. The molecule has 2 fully saturated rings. The average molecular weight is 509 g/mol. The van der Waals surface area contributed by atoms with Crippen molar-refractivity contribution in [1.29, 1.82) is 0 Å². The number of likely N-dealkylation sites (tertiary alicyclic amines) is 2. The first-order chi connectivity index (χ1) is 17.6. The maximum Gasteiger partial charge on any atom is 0.254 e. The summed E-state index contributed by atoms with van der Waals surface area (Å²) < 4.78 is 13.3. The fraction of sp³-hybridized carbons (Fsp3) is 0.429. The van der Waals surface area contributed by atoms with Crippen LogP contribution in [0.25, 0.3) is 0 Å². The lowest BCUT2D eigenvalue weighted by Gasteiger charge is -2.29. The van der Waals surface area contributed by atoms with Crippen LogP contribution in [0.3, 0.4) is 0 Å². The Labute approximate surface area is 216 Å². The molecule has 37 heavy (non-hydrogen) atoms. The quantitative estimate of drug-likeness (QED) is 0.621. The van der Waals surface area contributed by atoms with Gasteiger partial charge in [0, 0.05) is 37.5 Å². The zero-order chi connectivity index (χ0) is 26.9. The van der Waals surface area contributed by atoms with Crippen LogP contribution in [-0.2, 0) is 9.59 Å². The molecule has 2 saturated heterocycles. The molecule has 196 valence electrons. The molecule has 0 saturated carbocycles. The molecule has 8 nitrogen and oxygen atoms in total. The number of fused-ring (bicyclic) bond motifs is 1. The van der Waals surface area contributed by atoms with Crippen molar-refractivity contribution in [3.63, 3.8) is 0 Å². The topological polar surface area (TPSA) is 90.0 Å². The van der Waals surface area contributed by atoms with Crippen molar-refractivity contribution in [2.45, 2.75) is 44.8 Å². The van der Waals surface area contributed by atoms with E-state index in [1.54, 1.807) is 12.1 Å². The van der Waals surface area contributed by atoms with Crippen LogP contribution in [0, 0.1) is 11.7 Å². The molecular weight excluding hydrogens is 475 g/mol. The van der Waals surface area contributed by atoms with Crippen LogP contribution < -0.4 is 10.2 Å². The second kappa shape index (κ2) is 10.7. The lowest BCUT2D eigenvalue weighted by molar-refractivity contribution is -0.138. The highest BCUT2D eigenvalue weighted by atomic mass is 19.1. The van der Waals surface area contributed by atoms with Crippen LogP contribution in [0.2, 0.25) is 0 Å². The van der Waals surface area contributed by atoms with Crippen LogP contribution >= 0.6 is 0 Å². The van der Waals surface area contributed by atoms with Crippen molar-refractivity contribution in [2.24, 2.45) is 5.92 Å². The molecule has 3 unspecified atom stereocenters. The number of benzene rings is 2. The van der Waals surface area contributed by atoms with E-state index in [-0.39, 0.29) is 36.0 Å². The van der Waals surface area contributed by atoms with Gasteiger partial charge in [-0.2, -0.15) is 0 Å². The Morgan fingerprint density at radius 3 is 2.22 bits per heavy atom. The minimum absolute atomic E-state index is 0.102. The van der Waals surface area contributed by atoms with E-state index in [2.05, 4.69) is 5.32 Å². The van der Waals surface area contributed by atoms with Gasteiger partial charge in [0.2, 0.25) is 5.91 Å². The number of nitrogens with zero attached hydrogens (tertiary/aromatic N) is 3. The molecule has 0 aliphatic carbocycles. The van der Waals surface area contributed by atoms with E-state index >= 15 is 0 Å². The van der Waals surface area contributed by atoms with E-state index < -0.39 is 23.9 Å². The van der Waals surface area contributed by atoms with Crippen LogP contribution in [0.15, 0.2) is 48.5 Å². The smallest absolute Gasteiger partial charge is 0.254 e. The number of anilines is 1. The molecule has 0 spiro atoms. The van der Waals surface area contributed by atoms with Gasteiger partial charge in [-0.25, -0.2) is 4.39 Å². The lowest BCUT2D eigenvalue weighted by atomic mass is 10.0. The van der Waals surface area contributed by atoms with Crippen LogP contribution in [0.4, 0.5) is 10.1 Å². The van der Waals surface area contributed by atoms with Crippen molar-refractivity contribution in [3.05, 3.63) is 65.5 Å². The molecule has 0 aromatic heterocycles. The molecule has 3 amide bonds. The Bertz CT molecular complexity index is 1180. The van der Waals surface area contributed by atoms with Crippen LogP contribution in [0.5, 0.6) is 0 Å². The molecule has 1 N–H and O–H groups in total. The maximum absolute atomic E-state index is 13.7. The van der Waals surface area contributed by atoms with Crippen molar-refractivity contribution in [1.82, 2.24) is 15.1 Å². The summed E-state index contributed by atoms with van der Waals surface area (Å²) in [4.78, 5) is 57.7. The third kappa shape index (κ3) is 5.50. The Balaban J connectivity index is 1.49. The molecule has 9 heteroatoms. The third-order valence-electron chi connectivity index (χ3n) is 7.01. The van der Waals surface area contributed by atoms with E-state index in [4.69, 9.17) is 0 Å². The van der Waals surface area contributed by atoms with Crippen molar-refractivity contribution in [2.75, 3.05) is 32.1 Å². The molecule has 2 aliphatic rings. The number of carbonyl (C=O) groups is 4. The molecule has 2 aromatic rings. The minimum Gasteiger partial charge on any atom is -0.378 e. The highest BCUT2D eigenvalue weighted by Crippen LogP contribution is 2.32. The van der Waals surface area contributed by atoms with E-state index in [1.807, 2.05) is 45.0 Å². The number of hydrogen-bond acceptors (Lipinski definition) is 5. The zero-order valence-electron chi connectivity index (χ0n) is 21.6. The summed E-state index contributed by atoms with van der Waals surface area (Å²) in [5.74, 6) is -1.56. The number of ketones is 1. The summed E-state index contributed by atoms with van der Waals surface area (Å²) in [6, 6.07) is 10.3. The second-order valence-corrected chi connectivity index (χ2v) is 10.3. The van der Waals surface area contributed by atoms with Gasteiger partial charge in [0.1, 0.15) is 17.9 Å². The summed E-state index contributed by atoms with van der Waals surface area (Å²) in [7, 11) is 3.82. The third-order valence-corrected chi connectivity index (χ3v) is 7.01. The van der Waals surface area contributed by atoms with E-state index in [0.29, 0.717) is 30.5 Å². The van der Waals surface area contributed by atoms with Gasteiger partial charge in [0.25, 0.3) is 11.8 Å². The lowest BCUT2D eigenvalue weighted by Crippen LogP contribution is -2.53. The molecule has 2 heterocycles. The predicted octanol–water partition coefficient (Wildman–Crippen LogP) is 2.73. The summed E-state index contributed by atoms with van der Waals surface area (Å²) in [6.45, 7) is 4.15. The zero-order valence-corrected chi connectivity index (χ0v) is 21.6. The molecule has 0 bridgehead atoms. The van der Waals surface area contributed by atoms with Gasteiger partial charge >= 0.3 is 0 Å². The first kappa shape index (κ1) is 26.3. The number of amides is 3. The van der Waals surface area contributed by atoms with E-state index in [0.717, 1.165) is 5.69 Å². The van der Waals surface area contributed by atoms with Crippen LogP contribution in [-0.4, -0.2) is 78.6 Å². The van der Waals surface area contributed by atoms with Gasteiger partial charge in [-0.05, 0) is 67.3 Å². The number of hydrogen-bond donors (Lipinski definition) is 1. The highest BCUT2D eigenvalue weighted by Gasteiger charge is 2.52.